The van der Waals surface area contributed by atoms with Crippen LogP contribution >= 0.6 is 11.8 Å². The zero-order chi connectivity index (χ0) is 16.1. The van der Waals surface area contributed by atoms with Crippen LogP contribution in [0.5, 0.6) is 0 Å². The van der Waals surface area contributed by atoms with Crippen LogP contribution < -0.4 is 5.32 Å². The molecule has 1 unspecified atom stereocenters. The second-order valence-electron chi connectivity index (χ2n) is 5.60. The fourth-order valence-corrected chi connectivity index (χ4v) is 3.51. The molecule has 2 amide bonds. The Bertz CT molecular complexity index is 597. The number of carbonyl (C=O) groups is 2. The predicted molar refractivity (Wildman–Crippen MR) is 90.6 cm³/mol. The van der Waals surface area contributed by atoms with Gasteiger partial charge in [-0.1, -0.05) is 30.3 Å². The summed E-state index contributed by atoms with van der Waals surface area (Å²) in [7, 11) is 0. The van der Waals surface area contributed by atoms with Gasteiger partial charge in [-0.3, -0.25) is 9.59 Å². The molecule has 1 N–H and O–H groups in total. The lowest BCUT2D eigenvalue weighted by Gasteiger charge is -2.28. The van der Waals surface area contributed by atoms with Crippen molar-refractivity contribution in [3.63, 3.8) is 0 Å². The monoisotopic (exact) mass is 332 g/mol. The minimum atomic E-state index is -0.150. The fourth-order valence-electron chi connectivity index (χ4n) is 2.71. The summed E-state index contributed by atoms with van der Waals surface area (Å²) in [6.07, 6.45) is 2.13. The Morgan fingerprint density at radius 2 is 2.17 bits per heavy atom. The first-order valence-corrected chi connectivity index (χ1v) is 8.85. The molecule has 1 atom stereocenters. The van der Waals surface area contributed by atoms with Gasteiger partial charge in [-0.15, -0.1) is 11.8 Å². The van der Waals surface area contributed by atoms with E-state index in [1.54, 1.807) is 4.90 Å². The molecule has 0 saturated carbocycles. The van der Waals surface area contributed by atoms with Crippen LogP contribution in [0.3, 0.4) is 0 Å². The van der Waals surface area contributed by atoms with Gasteiger partial charge in [0.05, 0.1) is 17.6 Å². The van der Waals surface area contributed by atoms with E-state index in [2.05, 4.69) is 5.32 Å². The van der Waals surface area contributed by atoms with Crippen molar-refractivity contribution in [2.45, 2.75) is 18.9 Å². The van der Waals surface area contributed by atoms with Crippen molar-refractivity contribution in [2.75, 3.05) is 25.4 Å². The molecule has 2 aliphatic heterocycles. The topological polar surface area (TPSA) is 58.6 Å². The van der Waals surface area contributed by atoms with Crippen LogP contribution in [-0.2, 0) is 14.3 Å². The molecule has 5 nitrogen and oxygen atoms in total. The lowest BCUT2D eigenvalue weighted by Crippen LogP contribution is -2.43. The molecule has 6 heteroatoms. The van der Waals surface area contributed by atoms with E-state index in [0.717, 1.165) is 30.7 Å². The second kappa shape index (κ2) is 7.66. The van der Waals surface area contributed by atoms with Gasteiger partial charge in [0.1, 0.15) is 6.54 Å². The molecule has 0 spiro atoms. The fraction of sp³-hybridized carbons (Fsp3) is 0.412. The van der Waals surface area contributed by atoms with Gasteiger partial charge < -0.3 is 15.0 Å². The number of amides is 2. The highest BCUT2D eigenvalue weighted by molar-refractivity contribution is 8.03. The second-order valence-corrected chi connectivity index (χ2v) is 6.46. The van der Waals surface area contributed by atoms with E-state index in [4.69, 9.17) is 4.74 Å². The molecule has 1 aromatic carbocycles. The van der Waals surface area contributed by atoms with Gasteiger partial charge in [0.25, 0.3) is 0 Å². The van der Waals surface area contributed by atoms with Gasteiger partial charge in [-0.25, -0.2) is 0 Å². The number of nitrogens with one attached hydrogen (secondary N) is 1. The average molecular weight is 332 g/mol. The number of nitrogens with zero attached hydrogens (tertiary/aromatic N) is 1. The summed E-state index contributed by atoms with van der Waals surface area (Å²) in [4.78, 5) is 26.0. The van der Waals surface area contributed by atoms with E-state index in [-0.39, 0.29) is 24.5 Å². The van der Waals surface area contributed by atoms with Crippen LogP contribution in [0, 0.1) is 0 Å². The largest absolute Gasteiger partial charge is 0.376 e. The maximum absolute atomic E-state index is 12.2. The Morgan fingerprint density at radius 3 is 2.91 bits per heavy atom. The molecule has 1 aromatic rings. The number of benzene rings is 1. The molecule has 3 rings (SSSR count). The first-order chi connectivity index (χ1) is 11.2. The van der Waals surface area contributed by atoms with E-state index in [1.807, 2.05) is 35.7 Å². The van der Waals surface area contributed by atoms with Gasteiger partial charge >= 0.3 is 0 Å². The normalized spacial score (nSPS) is 21.2. The molecule has 0 radical (unpaired) electrons. The van der Waals surface area contributed by atoms with Crippen molar-refractivity contribution in [1.82, 2.24) is 10.2 Å². The summed E-state index contributed by atoms with van der Waals surface area (Å²) in [6, 6.07) is 9.68. The van der Waals surface area contributed by atoms with E-state index in [1.165, 1.54) is 11.8 Å². The summed E-state index contributed by atoms with van der Waals surface area (Å²) in [5.74, 6) is 0.182. The summed E-state index contributed by atoms with van der Waals surface area (Å²) < 4.78 is 5.49. The zero-order valence-electron chi connectivity index (χ0n) is 12.9. The smallest absolute Gasteiger partial charge is 0.240 e. The van der Waals surface area contributed by atoms with E-state index in [9.17, 15) is 9.59 Å². The molecule has 122 valence electrons. The number of rotatable bonds is 5. The third-order valence-corrected chi connectivity index (χ3v) is 4.72. The maximum atomic E-state index is 12.2. The summed E-state index contributed by atoms with van der Waals surface area (Å²) in [5, 5.41) is 4.82. The summed E-state index contributed by atoms with van der Waals surface area (Å²) in [6.45, 7) is 1.33. The van der Waals surface area contributed by atoms with Crippen LogP contribution in [0.15, 0.2) is 35.7 Å². The van der Waals surface area contributed by atoms with Crippen LogP contribution in [0.2, 0.25) is 0 Å². The molecule has 1 saturated heterocycles. The minimum Gasteiger partial charge on any atom is -0.376 e. The first kappa shape index (κ1) is 16.1. The van der Waals surface area contributed by atoms with Crippen LogP contribution in [0.25, 0.3) is 5.70 Å². The highest BCUT2D eigenvalue weighted by atomic mass is 32.2. The predicted octanol–water partition coefficient (Wildman–Crippen LogP) is 1.86. The first-order valence-electron chi connectivity index (χ1n) is 7.80. The highest BCUT2D eigenvalue weighted by Gasteiger charge is 2.26. The molecule has 2 heterocycles. The molecule has 0 bridgehead atoms. The summed E-state index contributed by atoms with van der Waals surface area (Å²) >= 11 is 1.47. The van der Waals surface area contributed by atoms with Gasteiger partial charge in [0.15, 0.2) is 0 Å². The van der Waals surface area contributed by atoms with Crippen LogP contribution in [0.1, 0.15) is 18.4 Å². The quantitative estimate of drug-likeness (QED) is 0.894. The SMILES string of the molecule is O=C(CN1C(=O)CSC=C1c1ccccc1)NCC1CCCO1. The van der Waals surface area contributed by atoms with Crippen molar-refractivity contribution in [3.8, 4) is 0 Å². The lowest BCUT2D eigenvalue weighted by atomic mass is 10.1. The standard InChI is InChI=1S/C17H20N2O3S/c20-16(18-9-14-7-4-8-22-14)10-19-15(11-23-12-17(19)21)13-5-2-1-3-6-13/h1-3,5-6,11,14H,4,7-10,12H2,(H,18,20). The van der Waals surface area contributed by atoms with E-state index >= 15 is 0 Å². The Hall–Kier alpha value is -1.79. The number of ether oxygens (including phenoxy) is 1. The molecule has 0 aromatic heterocycles. The van der Waals surface area contributed by atoms with Gasteiger partial charge in [0, 0.05) is 13.2 Å². The zero-order valence-corrected chi connectivity index (χ0v) is 13.7. The van der Waals surface area contributed by atoms with E-state index < -0.39 is 0 Å². The lowest BCUT2D eigenvalue weighted by molar-refractivity contribution is -0.131. The molecule has 0 aliphatic carbocycles. The molecule has 1 fully saturated rings. The maximum Gasteiger partial charge on any atom is 0.240 e. The number of hydrogen-bond donors (Lipinski definition) is 1. The Morgan fingerprint density at radius 1 is 1.35 bits per heavy atom. The molecule has 23 heavy (non-hydrogen) atoms. The van der Waals surface area contributed by atoms with Gasteiger partial charge in [-0.2, -0.15) is 0 Å². The number of thioether (sulfide) groups is 1. The third-order valence-electron chi connectivity index (χ3n) is 3.92. The van der Waals surface area contributed by atoms with Crippen molar-refractivity contribution >= 4 is 29.3 Å². The highest BCUT2D eigenvalue weighted by Crippen LogP contribution is 2.27. The van der Waals surface area contributed by atoms with Crippen LogP contribution in [-0.4, -0.2) is 48.3 Å². The minimum absolute atomic E-state index is 0.0383. The summed E-state index contributed by atoms with van der Waals surface area (Å²) in [5.41, 5.74) is 1.74. The van der Waals surface area contributed by atoms with Crippen molar-refractivity contribution in [1.29, 1.82) is 0 Å². The van der Waals surface area contributed by atoms with Crippen molar-refractivity contribution in [2.24, 2.45) is 0 Å². The Balaban J connectivity index is 1.63. The Kier molecular flexibility index (Phi) is 5.35. The van der Waals surface area contributed by atoms with E-state index in [0.29, 0.717) is 12.3 Å². The van der Waals surface area contributed by atoms with Gasteiger partial charge in [0.2, 0.25) is 11.8 Å². The Labute approximate surface area is 140 Å². The molecule has 2 aliphatic rings. The molecular weight excluding hydrogens is 312 g/mol. The van der Waals surface area contributed by atoms with Crippen molar-refractivity contribution in [3.05, 3.63) is 41.3 Å². The van der Waals surface area contributed by atoms with Gasteiger partial charge in [-0.05, 0) is 23.8 Å². The number of hydrogen-bond acceptors (Lipinski definition) is 4. The van der Waals surface area contributed by atoms with Crippen LogP contribution in [0.4, 0.5) is 0 Å². The molecular formula is C17H20N2O3S. The average Bonchev–Trinajstić information content (AvgIpc) is 3.09. The third kappa shape index (κ3) is 4.14. The van der Waals surface area contributed by atoms with Crippen molar-refractivity contribution < 1.29 is 14.3 Å². The number of carbonyl (C=O) groups excluding carboxylic acids is 2.